The van der Waals surface area contributed by atoms with Gasteiger partial charge in [0.25, 0.3) is 0 Å². The van der Waals surface area contributed by atoms with Crippen molar-refractivity contribution in [3.05, 3.63) is 99.5 Å². The average molecular weight is 708 g/mol. The minimum atomic E-state index is -0.541. The predicted octanol–water partition coefficient (Wildman–Crippen LogP) is 8.05. The molecule has 9 heteroatoms. The lowest BCUT2D eigenvalue weighted by atomic mass is 10.2. The molecule has 0 atom stereocenters. The molecule has 3 aromatic carbocycles. The number of hydrogen-bond donors (Lipinski definition) is 0. The van der Waals surface area contributed by atoms with Crippen LogP contribution in [0.15, 0.2) is 74.2 Å². The summed E-state index contributed by atoms with van der Waals surface area (Å²) in [6.07, 6.45) is 1.64. The summed E-state index contributed by atoms with van der Waals surface area (Å²) in [6.45, 7) is 0.313. The number of halogens is 5. The van der Waals surface area contributed by atoms with Gasteiger partial charge in [-0.3, -0.25) is 0 Å². The van der Waals surface area contributed by atoms with E-state index in [9.17, 15) is 4.79 Å². The molecule has 1 aliphatic heterocycles. The second-order valence-electron chi connectivity index (χ2n) is 6.65. The first-order valence-corrected chi connectivity index (χ1v) is 12.6. The maximum atomic E-state index is 12.4. The molecular weight excluding hydrogens is 696 g/mol. The Balaban J connectivity index is 1.59. The van der Waals surface area contributed by atoms with E-state index in [-0.39, 0.29) is 11.6 Å². The van der Waals surface area contributed by atoms with E-state index >= 15 is 0 Å². The summed E-state index contributed by atoms with van der Waals surface area (Å²) in [6, 6.07) is 16.6. The van der Waals surface area contributed by atoms with E-state index in [0.717, 1.165) is 14.7 Å². The van der Waals surface area contributed by atoms with Crippen molar-refractivity contribution in [2.24, 2.45) is 4.99 Å². The van der Waals surface area contributed by atoms with E-state index in [1.165, 1.54) is 0 Å². The van der Waals surface area contributed by atoms with Gasteiger partial charge in [0.05, 0.1) is 19.5 Å². The van der Waals surface area contributed by atoms with Crippen LogP contribution >= 0.6 is 77.7 Å². The first-order valence-electron chi connectivity index (χ1n) is 9.15. The number of carbonyl (C=O) groups is 1. The number of rotatable bonds is 5. The molecule has 3 aromatic rings. The Morgan fingerprint density at radius 3 is 2.47 bits per heavy atom. The van der Waals surface area contributed by atoms with Gasteiger partial charge < -0.3 is 9.47 Å². The number of nitrogens with zero attached hydrogens (tertiary/aromatic N) is 1. The zero-order chi connectivity index (χ0) is 22.8. The Hall–Kier alpha value is -1.39. The summed E-state index contributed by atoms with van der Waals surface area (Å²) >= 11 is 21.7. The van der Waals surface area contributed by atoms with E-state index in [4.69, 9.17) is 32.7 Å². The molecule has 0 aliphatic carbocycles. The number of esters is 1. The number of carbonyl (C=O) groups excluding carboxylic acids is 1. The highest BCUT2D eigenvalue weighted by atomic mass is 127. The van der Waals surface area contributed by atoms with Gasteiger partial charge in [0, 0.05) is 14.2 Å². The average Bonchev–Trinajstić information content (AvgIpc) is 3.10. The molecule has 1 heterocycles. The largest absolute Gasteiger partial charge is 0.486 e. The molecule has 4 rings (SSSR count). The van der Waals surface area contributed by atoms with E-state index < -0.39 is 5.97 Å². The molecule has 0 spiro atoms. The molecule has 0 saturated carbocycles. The molecule has 0 bridgehead atoms. The van der Waals surface area contributed by atoms with Gasteiger partial charge in [-0.1, -0.05) is 41.4 Å². The molecule has 0 N–H and O–H groups in total. The molecule has 0 saturated heterocycles. The van der Waals surface area contributed by atoms with Crippen LogP contribution in [0, 0.1) is 3.57 Å². The van der Waals surface area contributed by atoms with Crippen LogP contribution in [-0.4, -0.2) is 11.9 Å². The zero-order valence-corrected chi connectivity index (χ0v) is 22.9. The van der Waals surface area contributed by atoms with Crippen molar-refractivity contribution in [2.75, 3.05) is 0 Å². The molecule has 0 aromatic heterocycles. The summed E-state index contributed by atoms with van der Waals surface area (Å²) in [5, 5.41) is 1.10. The molecule has 1 aliphatic rings. The van der Waals surface area contributed by atoms with Crippen LogP contribution in [-0.2, 0) is 16.1 Å². The van der Waals surface area contributed by atoms with Crippen LogP contribution in [0.2, 0.25) is 10.0 Å². The fraction of sp³-hybridized carbons (Fsp3) is 0.0435. The Kier molecular flexibility index (Phi) is 7.62. The molecular formula is C23H12Br2Cl2INO3. The van der Waals surface area contributed by atoms with E-state index in [1.54, 1.807) is 12.1 Å². The van der Waals surface area contributed by atoms with Gasteiger partial charge in [0.2, 0.25) is 5.90 Å². The van der Waals surface area contributed by atoms with Gasteiger partial charge in [0.15, 0.2) is 5.70 Å². The molecule has 4 nitrogen and oxygen atoms in total. The summed E-state index contributed by atoms with van der Waals surface area (Å²) in [5.41, 5.74) is 2.36. The molecule has 0 unspecified atom stereocenters. The Morgan fingerprint density at radius 1 is 1.03 bits per heavy atom. The molecule has 0 fully saturated rings. The first kappa shape index (κ1) is 23.8. The van der Waals surface area contributed by atoms with Gasteiger partial charge in [-0.05, 0) is 102 Å². The van der Waals surface area contributed by atoms with Gasteiger partial charge in [0.1, 0.15) is 12.4 Å². The van der Waals surface area contributed by atoms with Crippen molar-refractivity contribution in [3.8, 4) is 5.75 Å². The van der Waals surface area contributed by atoms with Crippen molar-refractivity contribution in [2.45, 2.75) is 6.61 Å². The van der Waals surface area contributed by atoms with E-state index in [1.807, 2.05) is 48.5 Å². The number of aliphatic imine (C=N–C) groups is 1. The highest BCUT2D eigenvalue weighted by Gasteiger charge is 2.26. The second kappa shape index (κ2) is 10.3. The normalized spacial score (nSPS) is 14.5. The van der Waals surface area contributed by atoms with Crippen LogP contribution in [0.1, 0.15) is 16.7 Å². The topological polar surface area (TPSA) is 47.9 Å². The minimum absolute atomic E-state index is 0.179. The number of ether oxygens (including phenoxy) is 2. The van der Waals surface area contributed by atoms with E-state index in [0.29, 0.717) is 36.9 Å². The first-order chi connectivity index (χ1) is 15.3. The third kappa shape index (κ3) is 5.39. The van der Waals surface area contributed by atoms with Gasteiger partial charge >= 0.3 is 5.97 Å². The van der Waals surface area contributed by atoms with Crippen LogP contribution in [0.25, 0.3) is 6.08 Å². The zero-order valence-electron chi connectivity index (χ0n) is 16.0. The van der Waals surface area contributed by atoms with Crippen molar-refractivity contribution < 1.29 is 14.3 Å². The lowest BCUT2D eigenvalue weighted by Gasteiger charge is -2.12. The van der Waals surface area contributed by atoms with Gasteiger partial charge in [-0.15, -0.1) is 0 Å². The third-order valence-electron chi connectivity index (χ3n) is 4.43. The van der Waals surface area contributed by atoms with Crippen LogP contribution in [0.4, 0.5) is 0 Å². The lowest BCUT2D eigenvalue weighted by molar-refractivity contribution is -0.129. The van der Waals surface area contributed by atoms with Crippen LogP contribution in [0.5, 0.6) is 5.75 Å². The van der Waals surface area contributed by atoms with Crippen LogP contribution < -0.4 is 4.74 Å². The predicted molar refractivity (Wildman–Crippen MR) is 142 cm³/mol. The SMILES string of the molecule is O=C1OC(c2cc(I)ccc2Cl)=N/C1=C\c1cc(Br)c(OCc2ccccc2Cl)c(Br)c1. The molecule has 162 valence electrons. The lowest BCUT2D eigenvalue weighted by Crippen LogP contribution is -2.06. The summed E-state index contributed by atoms with van der Waals surface area (Å²) in [5.74, 6) is 0.264. The molecule has 0 amide bonds. The van der Waals surface area contributed by atoms with Gasteiger partial charge in [-0.25, -0.2) is 9.79 Å². The maximum Gasteiger partial charge on any atom is 0.363 e. The molecule has 32 heavy (non-hydrogen) atoms. The third-order valence-corrected chi connectivity index (χ3v) is 6.98. The minimum Gasteiger partial charge on any atom is -0.486 e. The summed E-state index contributed by atoms with van der Waals surface area (Å²) < 4.78 is 13.7. The quantitative estimate of drug-likeness (QED) is 0.153. The fourth-order valence-electron chi connectivity index (χ4n) is 2.91. The van der Waals surface area contributed by atoms with Crippen LogP contribution in [0.3, 0.4) is 0 Å². The van der Waals surface area contributed by atoms with E-state index in [2.05, 4.69) is 59.4 Å². The maximum absolute atomic E-state index is 12.4. The summed E-state index contributed by atoms with van der Waals surface area (Å²) in [4.78, 5) is 16.7. The van der Waals surface area contributed by atoms with Gasteiger partial charge in [-0.2, -0.15) is 0 Å². The van der Waals surface area contributed by atoms with Crippen molar-refractivity contribution in [3.63, 3.8) is 0 Å². The Labute approximate surface area is 225 Å². The van der Waals surface area contributed by atoms with Crippen molar-refractivity contribution in [1.82, 2.24) is 0 Å². The molecule has 0 radical (unpaired) electrons. The number of hydrogen-bond acceptors (Lipinski definition) is 4. The fourth-order valence-corrected chi connectivity index (χ4v) is 5.24. The highest BCUT2D eigenvalue weighted by molar-refractivity contribution is 14.1. The monoisotopic (exact) mass is 705 g/mol. The standard InChI is InChI=1S/C23H12Br2Cl2INO3/c24-16-7-12(8-17(25)21(16)31-11-13-3-1-2-4-18(13)26)9-20-23(30)32-22(29-20)15-10-14(28)5-6-19(15)27/h1-10H,11H2/b20-9-. The smallest absolute Gasteiger partial charge is 0.363 e. The Morgan fingerprint density at radius 2 is 1.75 bits per heavy atom. The Bertz CT molecular complexity index is 1270. The van der Waals surface area contributed by atoms with Crippen molar-refractivity contribution >= 4 is 95.6 Å². The number of benzene rings is 3. The van der Waals surface area contributed by atoms with Crippen molar-refractivity contribution in [1.29, 1.82) is 0 Å². The summed E-state index contributed by atoms with van der Waals surface area (Å²) in [7, 11) is 0. The number of cyclic esters (lactones) is 1. The second-order valence-corrected chi connectivity index (χ2v) is 10.4. The highest BCUT2D eigenvalue weighted by Crippen LogP contribution is 2.37.